The third-order valence-corrected chi connectivity index (χ3v) is 6.23. The van der Waals surface area contributed by atoms with Crippen LogP contribution >= 0.6 is 11.3 Å². The number of thiazole rings is 1. The van der Waals surface area contributed by atoms with E-state index in [0.29, 0.717) is 11.5 Å². The van der Waals surface area contributed by atoms with Gasteiger partial charge < -0.3 is 14.8 Å². The number of aromatic amines is 1. The first-order valence-corrected chi connectivity index (χ1v) is 11.5. The molecule has 2 N–H and O–H groups in total. The fourth-order valence-corrected chi connectivity index (χ4v) is 4.54. The predicted octanol–water partition coefficient (Wildman–Crippen LogP) is 4.68. The van der Waals surface area contributed by atoms with E-state index >= 15 is 0 Å². The summed E-state index contributed by atoms with van der Waals surface area (Å²) < 4.78 is 11.0. The summed E-state index contributed by atoms with van der Waals surface area (Å²) in [7, 11) is 1.53. The molecule has 35 heavy (non-hydrogen) atoms. The molecular formula is C25H20N6O3S. The average molecular weight is 485 g/mol. The number of hydrogen-bond donors (Lipinski definition) is 2. The maximum Gasteiger partial charge on any atom is 0.330 e. The molecule has 0 saturated heterocycles. The fraction of sp³-hybridized carbons (Fsp3) is 0.0800. The molecule has 0 amide bonds. The number of methoxy groups -OCH3 is 1. The minimum atomic E-state index is -0.521. The number of esters is 1. The van der Waals surface area contributed by atoms with Gasteiger partial charge in [0.15, 0.2) is 11.5 Å². The maximum absolute atomic E-state index is 12.3. The number of nitrogens with one attached hydrogen (secondary N) is 2. The van der Waals surface area contributed by atoms with E-state index in [1.54, 1.807) is 17.4 Å². The van der Waals surface area contributed by atoms with E-state index in [4.69, 9.17) is 14.5 Å². The van der Waals surface area contributed by atoms with Crippen LogP contribution in [0.25, 0.3) is 32.3 Å². The van der Waals surface area contributed by atoms with Crippen LogP contribution in [0, 0.1) is 0 Å². The normalized spacial score (nSPS) is 10.7. The molecule has 2 heterocycles. The Morgan fingerprint density at radius 3 is 2.37 bits per heavy atom. The van der Waals surface area contributed by atoms with Crippen molar-refractivity contribution in [3.63, 3.8) is 0 Å². The number of carbonyl (C=O) groups excluding carboxylic acids is 1. The summed E-state index contributed by atoms with van der Waals surface area (Å²) in [5, 5.41) is 16.7. The lowest BCUT2D eigenvalue weighted by Crippen LogP contribution is -2.20. The first-order chi connectivity index (χ1) is 17.2. The molecule has 10 heteroatoms. The second-order valence-electron chi connectivity index (χ2n) is 7.36. The fourth-order valence-electron chi connectivity index (χ4n) is 3.45. The number of rotatable bonds is 8. The predicted molar refractivity (Wildman–Crippen MR) is 133 cm³/mol. The molecule has 0 spiro atoms. The van der Waals surface area contributed by atoms with Gasteiger partial charge in [0.25, 0.3) is 5.95 Å². The Morgan fingerprint density at radius 2 is 1.69 bits per heavy atom. The molecule has 174 valence electrons. The number of tetrazole rings is 1. The lowest BCUT2D eigenvalue weighted by atomic mass is 10.1. The number of hydrogen-bond acceptors (Lipinski definition) is 9. The van der Waals surface area contributed by atoms with E-state index in [9.17, 15) is 4.79 Å². The van der Waals surface area contributed by atoms with E-state index in [2.05, 4.69) is 50.2 Å². The average Bonchev–Trinajstić information content (AvgIpc) is 3.59. The molecule has 0 aliphatic rings. The van der Waals surface area contributed by atoms with E-state index in [-0.39, 0.29) is 12.5 Å². The van der Waals surface area contributed by atoms with Crippen molar-refractivity contribution in [1.82, 2.24) is 25.6 Å². The Kier molecular flexibility index (Phi) is 6.44. The molecule has 0 fully saturated rings. The van der Waals surface area contributed by atoms with Gasteiger partial charge in [-0.3, -0.25) is 0 Å². The van der Waals surface area contributed by atoms with Crippen molar-refractivity contribution in [2.75, 3.05) is 19.0 Å². The van der Waals surface area contributed by atoms with Gasteiger partial charge >= 0.3 is 5.97 Å². The number of benzene rings is 3. The minimum Gasteiger partial charge on any atom is -0.493 e. The Morgan fingerprint density at radius 1 is 0.943 bits per heavy atom. The Hall–Kier alpha value is -4.57. The van der Waals surface area contributed by atoms with Crippen LogP contribution < -0.4 is 14.8 Å². The van der Waals surface area contributed by atoms with Crippen molar-refractivity contribution >= 4 is 23.3 Å². The quantitative estimate of drug-likeness (QED) is 0.241. The van der Waals surface area contributed by atoms with Crippen LogP contribution in [0.2, 0.25) is 0 Å². The standard InChI is InChI=1S/C25H20N6O3S/c1-33-20-14-18(12-13-19(20)34-21(32)15-26-25-28-30-31-29-25)24-27-22(16-8-4-2-5-9-16)23(35-24)17-10-6-3-7-11-17/h2-14H,15H2,1H3,(H2,26,28,29,30,31). The summed E-state index contributed by atoms with van der Waals surface area (Å²) in [6.45, 7) is -0.127. The first-order valence-electron chi connectivity index (χ1n) is 10.7. The molecule has 0 unspecified atom stereocenters. The van der Waals surface area contributed by atoms with Crippen molar-refractivity contribution in [3.05, 3.63) is 78.9 Å². The number of carbonyl (C=O) groups is 1. The lowest BCUT2D eigenvalue weighted by Gasteiger charge is -2.10. The third kappa shape index (κ3) is 5.02. The highest BCUT2D eigenvalue weighted by Crippen LogP contribution is 2.42. The van der Waals surface area contributed by atoms with Crippen LogP contribution in [0.1, 0.15) is 0 Å². The van der Waals surface area contributed by atoms with E-state index < -0.39 is 5.97 Å². The lowest BCUT2D eigenvalue weighted by molar-refractivity contribution is -0.132. The van der Waals surface area contributed by atoms with Crippen molar-refractivity contribution in [2.45, 2.75) is 0 Å². The summed E-state index contributed by atoms with van der Waals surface area (Å²) in [5.41, 5.74) is 3.91. The van der Waals surface area contributed by atoms with Gasteiger partial charge in [-0.05, 0) is 29.0 Å². The molecule has 0 aliphatic carbocycles. The summed E-state index contributed by atoms with van der Waals surface area (Å²) in [5.74, 6) is 0.414. The molecule has 9 nitrogen and oxygen atoms in total. The van der Waals surface area contributed by atoms with E-state index in [0.717, 1.165) is 32.3 Å². The third-order valence-electron chi connectivity index (χ3n) is 5.08. The van der Waals surface area contributed by atoms with Crippen LogP contribution in [-0.4, -0.2) is 45.2 Å². The number of aromatic nitrogens is 5. The molecule has 0 bridgehead atoms. The van der Waals surface area contributed by atoms with Gasteiger partial charge in [0.05, 0.1) is 17.7 Å². The van der Waals surface area contributed by atoms with Gasteiger partial charge in [-0.15, -0.1) is 16.4 Å². The largest absolute Gasteiger partial charge is 0.493 e. The van der Waals surface area contributed by atoms with Gasteiger partial charge in [-0.1, -0.05) is 65.8 Å². The highest BCUT2D eigenvalue weighted by atomic mass is 32.1. The summed E-state index contributed by atoms with van der Waals surface area (Å²) >= 11 is 1.60. The molecule has 3 aromatic carbocycles. The zero-order chi connectivity index (χ0) is 24.0. The molecule has 5 rings (SSSR count). The van der Waals surface area contributed by atoms with Gasteiger partial charge in [0, 0.05) is 11.1 Å². The summed E-state index contributed by atoms with van der Waals surface area (Å²) in [4.78, 5) is 18.3. The molecule has 5 aromatic rings. The second-order valence-corrected chi connectivity index (χ2v) is 8.36. The topological polar surface area (TPSA) is 115 Å². The number of nitrogens with zero attached hydrogens (tertiary/aromatic N) is 4. The van der Waals surface area contributed by atoms with Crippen molar-refractivity contribution in [2.24, 2.45) is 0 Å². The number of anilines is 1. The van der Waals surface area contributed by atoms with Crippen LogP contribution in [0.15, 0.2) is 78.9 Å². The van der Waals surface area contributed by atoms with Gasteiger partial charge in [0.1, 0.15) is 11.6 Å². The molecule has 2 aromatic heterocycles. The van der Waals surface area contributed by atoms with Crippen LogP contribution in [0.4, 0.5) is 5.95 Å². The van der Waals surface area contributed by atoms with Gasteiger partial charge in [0.2, 0.25) is 0 Å². The molecule has 0 atom stereocenters. The molecule has 0 saturated carbocycles. The monoisotopic (exact) mass is 484 g/mol. The minimum absolute atomic E-state index is 0.127. The highest BCUT2D eigenvalue weighted by molar-refractivity contribution is 7.19. The zero-order valence-electron chi connectivity index (χ0n) is 18.6. The number of ether oxygens (including phenoxy) is 2. The van der Waals surface area contributed by atoms with Crippen molar-refractivity contribution < 1.29 is 14.3 Å². The Bertz CT molecular complexity index is 1370. The SMILES string of the molecule is COc1cc(-c2nc(-c3ccccc3)c(-c3ccccc3)s2)ccc1OC(=O)CNc1nn[nH]n1. The molecule has 0 aliphatic heterocycles. The molecule has 0 radical (unpaired) electrons. The first kappa shape index (κ1) is 22.2. The van der Waals surface area contributed by atoms with E-state index in [1.165, 1.54) is 7.11 Å². The van der Waals surface area contributed by atoms with Crippen molar-refractivity contribution in [3.8, 4) is 43.8 Å². The van der Waals surface area contributed by atoms with E-state index in [1.807, 2.05) is 48.5 Å². The summed E-state index contributed by atoms with van der Waals surface area (Å²) in [6, 6.07) is 25.7. The Labute approximate surface area is 204 Å². The number of H-pyrrole nitrogens is 1. The second kappa shape index (κ2) is 10.1. The van der Waals surface area contributed by atoms with Crippen LogP contribution in [0.3, 0.4) is 0 Å². The van der Waals surface area contributed by atoms with Crippen LogP contribution in [-0.2, 0) is 4.79 Å². The zero-order valence-corrected chi connectivity index (χ0v) is 19.5. The van der Waals surface area contributed by atoms with Crippen molar-refractivity contribution in [1.29, 1.82) is 0 Å². The highest BCUT2D eigenvalue weighted by Gasteiger charge is 2.18. The molecular weight excluding hydrogens is 464 g/mol. The smallest absolute Gasteiger partial charge is 0.330 e. The van der Waals surface area contributed by atoms with Gasteiger partial charge in [-0.2, -0.15) is 5.21 Å². The summed E-state index contributed by atoms with van der Waals surface area (Å²) in [6.07, 6.45) is 0. The Balaban J connectivity index is 1.43. The van der Waals surface area contributed by atoms with Crippen LogP contribution in [0.5, 0.6) is 11.5 Å². The van der Waals surface area contributed by atoms with Gasteiger partial charge in [-0.25, -0.2) is 9.78 Å². The maximum atomic E-state index is 12.3.